The normalized spacial score (nSPS) is 21.1. The summed E-state index contributed by atoms with van der Waals surface area (Å²) in [4.78, 5) is 2.28. The first-order valence-electron chi connectivity index (χ1n) is 6.82. The Balaban J connectivity index is 2.10. The maximum absolute atomic E-state index is 11.5. The van der Waals surface area contributed by atoms with Gasteiger partial charge in [-0.2, -0.15) is 0 Å². The highest BCUT2D eigenvalue weighted by atomic mass is 32.2. The number of rotatable bonds is 5. The molecule has 106 valence electrons. The van der Waals surface area contributed by atoms with Gasteiger partial charge < -0.3 is 5.32 Å². The van der Waals surface area contributed by atoms with Crippen molar-refractivity contribution in [2.75, 3.05) is 37.7 Å². The summed E-state index contributed by atoms with van der Waals surface area (Å²) in [5, 5.41) is 3.37. The fraction of sp³-hybridized carbons (Fsp3) is 0.571. The summed E-state index contributed by atoms with van der Waals surface area (Å²) < 4.78 is 23.1. The van der Waals surface area contributed by atoms with Crippen LogP contribution in [0.4, 0.5) is 0 Å². The number of nitrogens with one attached hydrogen (secondary N) is 1. The highest BCUT2D eigenvalue weighted by Crippen LogP contribution is 2.22. The third kappa shape index (κ3) is 4.03. The lowest BCUT2D eigenvalue weighted by Crippen LogP contribution is -2.45. The van der Waals surface area contributed by atoms with E-state index in [1.165, 1.54) is 5.56 Å². The van der Waals surface area contributed by atoms with E-state index in [1.807, 2.05) is 18.2 Å². The van der Waals surface area contributed by atoms with E-state index in [0.29, 0.717) is 13.1 Å². The van der Waals surface area contributed by atoms with Crippen molar-refractivity contribution in [1.29, 1.82) is 0 Å². The molecule has 1 aliphatic rings. The van der Waals surface area contributed by atoms with E-state index >= 15 is 0 Å². The van der Waals surface area contributed by atoms with Crippen LogP contribution in [0.3, 0.4) is 0 Å². The lowest BCUT2D eigenvalue weighted by atomic mass is 10.1. The number of nitrogens with zero attached hydrogens (tertiary/aromatic N) is 1. The number of benzene rings is 1. The summed E-state index contributed by atoms with van der Waals surface area (Å²) >= 11 is 0. The molecule has 5 heteroatoms. The number of hydrogen-bond donors (Lipinski definition) is 1. The molecule has 1 N–H and O–H groups in total. The molecule has 2 rings (SSSR count). The van der Waals surface area contributed by atoms with Gasteiger partial charge in [0, 0.05) is 25.7 Å². The minimum atomic E-state index is -2.81. The number of hydrogen-bond acceptors (Lipinski definition) is 4. The third-order valence-corrected chi connectivity index (χ3v) is 5.20. The molecule has 4 nitrogen and oxygen atoms in total. The molecule has 1 aromatic rings. The second kappa shape index (κ2) is 6.50. The van der Waals surface area contributed by atoms with Gasteiger partial charge in [0.2, 0.25) is 0 Å². The molecule has 1 aromatic carbocycles. The van der Waals surface area contributed by atoms with Crippen LogP contribution in [-0.2, 0) is 9.84 Å². The monoisotopic (exact) mass is 282 g/mol. The lowest BCUT2D eigenvalue weighted by molar-refractivity contribution is 0.209. The van der Waals surface area contributed by atoms with Crippen molar-refractivity contribution in [2.45, 2.75) is 13.0 Å². The van der Waals surface area contributed by atoms with E-state index in [1.54, 1.807) is 0 Å². The molecule has 1 saturated heterocycles. The summed E-state index contributed by atoms with van der Waals surface area (Å²) in [5.74, 6) is 0.560. The molecular formula is C14H22N2O2S. The molecule has 19 heavy (non-hydrogen) atoms. The van der Waals surface area contributed by atoms with Crippen molar-refractivity contribution in [1.82, 2.24) is 10.2 Å². The summed E-state index contributed by atoms with van der Waals surface area (Å²) in [7, 11) is -2.81. The standard InChI is InChI=1S/C14H22N2O2S/c1-2-15-12-14(13-6-4-3-5-7-13)16-8-10-19(17,18)11-9-16/h3-7,14-15H,2,8-12H2,1H3. The van der Waals surface area contributed by atoms with Gasteiger partial charge in [-0.05, 0) is 12.1 Å². The van der Waals surface area contributed by atoms with Crippen LogP contribution in [0.5, 0.6) is 0 Å². The van der Waals surface area contributed by atoms with Gasteiger partial charge in [-0.1, -0.05) is 37.3 Å². The molecule has 1 unspecified atom stereocenters. The molecule has 1 atom stereocenters. The van der Waals surface area contributed by atoms with Crippen LogP contribution in [0.25, 0.3) is 0 Å². The van der Waals surface area contributed by atoms with Crippen LogP contribution < -0.4 is 5.32 Å². The first-order chi connectivity index (χ1) is 9.12. The second-order valence-corrected chi connectivity index (χ2v) is 7.23. The average molecular weight is 282 g/mol. The summed E-state index contributed by atoms with van der Waals surface area (Å²) in [5.41, 5.74) is 1.25. The Labute approximate surface area is 115 Å². The predicted octanol–water partition coefficient (Wildman–Crippen LogP) is 1.07. The Kier molecular flexibility index (Phi) is 4.96. The van der Waals surface area contributed by atoms with Crippen molar-refractivity contribution < 1.29 is 8.42 Å². The van der Waals surface area contributed by atoms with Crippen LogP contribution >= 0.6 is 0 Å². The maximum Gasteiger partial charge on any atom is 0.152 e. The Morgan fingerprint density at radius 2 is 1.84 bits per heavy atom. The third-order valence-electron chi connectivity index (χ3n) is 3.59. The Hall–Kier alpha value is -0.910. The van der Waals surface area contributed by atoms with Crippen LogP contribution in [0.1, 0.15) is 18.5 Å². The Morgan fingerprint density at radius 3 is 2.42 bits per heavy atom. The van der Waals surface area contributed by atoms with E-state index in [-0.39, 0.29) is 17.5 Å². The minimum Gasteiger partial charge on any atom is -0.315 e. The van der Waals surface area contributed by atoms with Crippen molar-refractivity contribution in [3.8, 4) is 0 Å². The van der Waals surface area contributed by atoms with E-state index in [0.717, 1.165) is 13.1 Å². The Morgan fingerprint density at radius 1 is 1.21 bits per heavy atom. The molecule has 0 amide bonds. The molecule has 1 fully saturated rings. The van der Waals surface area contributed by atoms with Gasteiger partial charge in [0.15, 0.2) is 9.84 Å². The zero-order valence-corrected chi connectivity index (χ0v) is 12.2. The molecular weight excluding hydrogens is 260 g/mol. The molecule has 0 aliphatic carbocycles. The number of likely N-dealkylation sites (N-methyl/N-ethyl adjacent to an activating group) is 1. The van der Waals surface area contributed by atoms with Gasteiger partial charge >= 0.3 is 0 Å². The minimum absolute atomic E-state index is 0.261. The van der Waals surface area contributed by atoms with Gasteiger partial charge in [-0.3, -0.25) is 4.90 Å². The van der Waals surface area contributed by atoms with Crippen molar-refractivity contribution in [3.63, 3.8) is 0 Å². The lowest BCUT2D eigenvalue weighted by Gasteiger charge is -2.34. The fourth-order valence-corrected chi connectivity index (χ4v) is 3.68. The molecule has 0 spiro atoms. The van der Waals surface area contributed by atoms with Gasteiger partial charge in [0.25, 0.3) is 0 Å². The zero-order valence-electron chi connectivity index (χ0n) is 11.4. The number of sulfone groups is 1. The zero-order chi connectivity index (χ0) is 13.7. The average Bonchev–Trinajstić information content (AvgIpc) is 2.42. The molecule has 0 saturated carbocycles. The van der Waals surface area contributed by atoms with E-state index in [2.05, 4.69) is 29.3 Å². The first kappa shape index (κ1) is 14.5. The maximum atomic E-state index is 11.5. The summed E-state index contributed by atoms with van der Waals surface area (Å²) in [6, 6.07) is 10.6. The van der Waals surface area contributed by atoms with Crippen molar-refractivity contribution in [2.24, 2.45) is 0 Å². The van der Waals surface area contributed by atoms with Gasteiger partial charge in [-0.25, -0.2) is 8.42 Å². The van der Waals surface area contributed by atoms with Crippen molar-refractivity contribution in [3.05, 3.63) is 35.9 Å². The smallest absolute Gasteiger partial charge is 0.152 e. The van der Waals surface area contributed by atoms with Crippen molar-refractivity contribution >= 4 is 9.84 Å². The predicted molar refractivity (Wildman–Crippen MR) is 78.0 cm³/mol. The second-order valence-electron chi connectivity index (χ2n) is 4.92. The highest BCUT2D eigenvalue weighted by Gasteiger charge is 2.27. The summed E-state index contributed by atoms with van der Waals surface area (Å²) in [6.07, 6.45) is 0. The Bertz CT molecular complexity index is 473. The molecule has 0 aromatic heterocycles. The highest BCUT2D eigenvalue weighted by molar-refractivity contribution is 7.91. The van der Waals surface area contributed by atoms with Gasteiger partial charge in [0.1, 0.15) is 0 Å². The molecule has 0 radical (unpaired) electrons. The molecule has 1 aliphatic heterocycles. The van der Waals surface area contributed by atoms with Crippen LogP contribution in [0.2, 0.25) is 0 Å². The van der Waals surface area contributed by atoms with E-state index in [4.69, 9.17) is 0 Å². The fourth-order valence-electron chi connectivity index (χ4n) is 2.45. The molecule has 0 bridgehead atoms. The van der Waals surface area contributed by atoms with Crippen LogP contribution in [-0.4, -0.2) is 51.0 Å². The van der Waals surface area contributed by atoms with E-state index in [9.17, 15) is 8.42 Å². The summed E-state index contributed by atoms with van der Waals surface area (Å²) in [6.45, 7) is 5.14. The first-order valence-corrected chi connectivity index (χ1v) is 8.64. The van der Waals surface area contributed by atoms with Gasteiger partial charge in [-0.15, -0.1) is 0 Å². The van der Waals surface area contributed by atoms with E-state index < -0.39 is 9.84 Å². The quantitative estimate of drug-likeness (QED) is 0.877. The van der Waals surface area contributed by atoms with Crippen LogP contribution in [0, 0.1) is 0 Å². The van der Waals surface area contributed by atoms with Gasteiger partial charge in [0.05, 0.1) is 11.5 Å². The SMILES string of the molecule is CCNCC(c1ccccc1)N1CCS(=O)(=O)CC1. The topological polar surface area (TPSA) is 49.4 Å². The molecule has 1 heterocycles. The van der Waals surface area contributed by atoms with Crippen LogP contribution in [0.15, 0.2) is 30.3 Å². The largest absolute Gasteiger partial charge is 0.315 e.